The number of nitrogens with one attached hydrogen (secondary N) is 1. The smallest absolute Gasteiger partial charge is 0.339 e. The van der Waals surface area contributed by atoms with Crippen LogP contribution >= 0.6 is 0 Å². The molecule has 0 fully saturated rings. The van der Waals surface area contributed by atoms with Crippen LogP contribution in [-0.2, 0) is 19.4 Å². The normalized spacial score (nSPS) is 13.1. The highest BCUT2D eigenvalue weighted by Gasteiger charge is 2.26. The maximum Gasteiger partial charge on any atom is 0.339 e. The van der Waals surface area contributed by atoms with Crippen molar-refractivity contribution in [2.75, 3.05) is 6.26 Å². The van der Waals surface area contributed by atoms with E-state index in [1.807, 2.05) is 37.3 Å². The van der Waals surface area contributed by atoms with Crippen molar-refractivity contribution in [3.8, 4) is 0 Å². The van der Waals surface area contributed by atoms with E-state index in [0.29, 0.717) is 6.42 Å². The van der Waals surface area contributed by atoms with Gasteiger partial charge in [0.25, 0.3) is 11.6 Å². The van der Waals surface area contributed by atoms with Gasteiger partial charge in [-0.05, 0) is 31.0 Å². The van der Waals surface area contributed by atoms with Crippen molar-refractivity contribution >= 4 is 27.4 Å². The van der Waals surface area contributed by atoms with Crippen molar-refractivity contribution in [3.63, 3.8) is 0 Å². The molecule has 166 valence electrons. The van der Waals surface area contributed by atoms with Crippen LogP contribution in [-0.4, -0.2) is 37.6 Å². The molecule has 0 saturated carbocycles. The Morgan fingerprint density at radius 1 is 1.16 bits per heavy atom. The lowest BCUT2D eigenvalue weighted by Gasteiger charge is -2.21. The lowest BCUT2D eigenvalue weighted by atomic mass is 10.0. The second kappa shape index (κ2) is 10.2. The molecule has 0 radical (unpaired) electrons. The summed E-state index contributed by atoms with van der Waals surface area (Å²) < 4.78 is 28.6. The third kappa shape index (κ3) is 6.35. The van der Waals surface area contributed by atoms with Gasteiger partial charge in [-0.15, -0.1) is 0 Å². The molecule has 1 N–H and O–H groups in total. The number of nitro groups is 1. The minimum atomic E-state index is -3.86. The number of rotatable bonds is 9. The summed E-state index contributed by atoms with van der Waals surface area (Å²) in [6, 6.07) is 12.0. The average Bonchev–Trinajstić information content (AvgIpc) is 2.72. The maximum atomic E-state index is 12.6. The molecule has 2 atom stereocenters. The number of hydrogen-bond acceptors (Lipinski definition) is 7. The van der Waals surface area contributed by atoms with Gasteiger partial charge in [0.1, 0.15) is 4.90 Å². The molecule has 0 saturated heterocycles. The van der Waals surface area contributed by atoms with Gasteiger partial charge in [-0.1, -0.05) is 43.7 Å². The zero-order valence-electron chi connectivity index (χ0n) is 17.4. The fraction of sp³-hybridized carbons (Fsp3) is 0.333. The van der Waals surface area contributed by atoms with E-state index in [9.17, 15) is 28.1 Å². The van der Waals surface area contributed by atoms with Gasteiger partial charge in [0.15, 0.2) is 15.9 Å². The number of esters is 1. The highest BCUT2D eigenvalue weighted by atomic mass is 32.2. The van der Waals surface area contributed by atoms with Crippen LogP contribution in [0.5, 0.6) is 0 Å². The number of nitro benzene ring substituents is 1. The molecule has 0 bridgehead atoms. The molecule has 9 nitrogen and oxygen atoms in total. The molecule has 0 heterocycles. The number of hydrogen-bond donors (Lipinski definition) is 1. The molecule has 0 spiro atoms. The highest BCUT2D eigenvalue weighted by Crippen LogP contribution is 2.25. The molecule has 2 aromatic carbocycles. The minimum Gasteiger partial charge on any atom is -0.449 e. The monoisotopic (exact) mass is 448 g/mol. The number of amides is 1. The summed E-state index contributed by atoms with van der Waals surface area (Å²) >= 11 is 0. The summed E-state index contributed by atoms with van der Waals surface area (Å²) in [6.07, 6.45) is 1.18. The summed E-state index contributed by atoms with van der Waals surface area (Å²) in [4.78, 5) is 34.8. The molecule has 0 aliphatic heterocycles. The first kappa shape index (κ1) is 24.0. The van der Waals surface area contributed by atoms with Crippen molar-refractivity contribution in [2.45, 2.75) is 43.7 Å². The standard InChI is InChI=1S/C21H24N2O7S/c1-4-8-17(15-9-6-5-7-10-15)22-20(24)14(2)30-21(25)16-11-12-19(31(3,28)29)18(13-16)23(26)27/h5-7,9-14,17H,4,8H2,1-3H3,(H,22,24). The zero-order chi connectivity index (χ0) is 23.2. The maximum absolute atomic E-state index is 12.6. The van der Waals surface area contributed by atoms with E-state index < -0.39 is 43.3 Å². The Balaban J connectivity index is 2.15. The summed E-state index contributed by atoms with van der Waals surface area (Å²) in [6.45, 7) is 3.37. The van der Waals surface area contributed by atoms with Crippen LogP contribution in [0.3, 0.4) is 0 Å². The summed E-state index contributed by atoms with van der Waals surface area (Å²) in [5.41, 5.74) is -0.0451. The van der Waals surface area contributed by atoms with Crippen molar-refractivity contribution < 1.29 is 27.7 Å². The van der Waals surface area contributed by atoms with E-state index in [2.05, 4.69) is 5.32 Å². The van der Waals surface area contributed by atoms with Gasteiger partial charge >= 0.3 is 5.97 Å². The number of benzene rings is 2. The Kier molecular flexibility index (Phi) is 7.87. The lowest BCUT2D eigenvalue weighted by molar-refractivity contribution is -0.387. The molecule has 0 aliphatic carbocycles. The van der Waals surface area contributed by atoms with Gasteiger partial charge < -0.3 is 10.1 Å². The highest BCUT2D eigenvalue weighted by molar-refractivity contribution is 7.90. The fourth-order valence-corrected chi connectivity index (χ4v) is 3.80. The minimum absolute atomic E-state index is 0.230. The molecule has 2 rings (SSSR count). The molecular formula is C21H24N2O7S. The van der Waals surface area contributed by atoms with E-state index in [1.165, 1.54) is 6.92 Å². The molecule has 10 heteroatoms. The Morgan fingerprint density at radius 2 is 1.81 bits per heavy atom. The van der Waals surface area contributed by atoms with E-state index in [1.54, 1.807) is 0 Å². The second-order valence-corrected chi connectivity index (χ2v) is 9.00. The van der Waals surface area contributed by atoms with Gasteiger partial charge in [0.05, 0.1) is 16.5 Å². The van der Waals surface area contributed by atoms with Crippen LogP contribution in [0.1, 0.15) is 48.7 Å². The van der Waals surface area contributed by atoms with Crippen LogP contribution in [0.2, 0.25) is 0 Å². The summed E-state index contributed by atoms with van der Waals surface area (Å²) in [5, 5.41) is 14.1. The Bertz CT molecular complexity index is 1070. The van der Waals surface area contributed by atoms with Gasteiger partial charge in [-0.2, -0.15) is 0 Å². The first-order valence-corrected chi connectivity index (χ1v) is 11.5. The Hall–Kier alpha value is -3.27. The third-order valence-corrected chi connectivity index (χ3v) is 5.68. The summed E-state index contributed by atoms with van der Waals surface area (Å²) in [5.74, 6) is -1.49. The number of carbonyl (C=O) groups is 2. The fourth-order valence-electron chi connectivity index (χ4n) is 2.97. The number of nitrogens with zero attached hydrogens (tertiary/aromatic N) is 1. The molecule has 0 aliphatic rings. The Morgan fingerprint density at radius 3 is 2.35 bits per heavy atom. The van der Waals surface area contributed by atoms with Gasteiger partial charge in [0, 0.05) is 12.3 Å². The predicted octanol–water partition coefficient (Wildman–Crippen LogP) is 3.20. The first-order valence-electron chi connectivity index (χ1n) is 9.59. The van der Waals surface area contributed by atoms with Crippen LogP contribution < -0.4 is 5.32 Å². The molecular weight excluding hydrogens is 424 g/mol. The number of sulfone groups is 1. The number of ether oxygens (including phenoxy) is 1. The molecule has 2 unspecified atom stereocenters. The number of carbonyl (C=O) groups excluding carboxylic acids is 2. The van der Waals surface area contributed by atoms with Crippen molar-refractivity contribution in [1.82, 2.24) is 5.32 Å². The molecule has 2 aromatic rings. The quantitative estimate of drug-likeness (QED) is 0.354. The SMILES string of the molecule is CCCC(NC(=O)C(C)OC(=O)c1ccc(S(C)(=O)=O)c([N+](=O)[O-])c1)c1ccccc1. The van der Waals surface area contributed by atoms with Gasteiger partial charge in [-0.25, -0.2) is 13.2 Å². The molecule has 0 aromatic heterocycles. The third-order valence-electron chi connectivity index (χ3n) is 4.54. The lowest BCUT2D eigenvalue weighted by Crippen LogP contribution is -2.38. The van der Waals surface area contributed by atoms with E-state index in [-0.39, 0.29) is 11.6 Å². The molecule has 31 heavy (non-hydrogen) atoms. The Labute approximate surface area is 180 Å². The largest absolute Gasteiger partial charge is 0.449 e. The van der Waals surface area contributed by atoms with Crippen LogP contribution in [0.4, 0.5) is 5.69 Å². The van der Waals surface area contributed by atoms with Crippen LogP contribution in [0, 0.1) is 10.1 Å². The van der Waals surface area contributed by atoms with E-state index >= 15 is 0 Å². The summed E-state index contributed by atoms with van der Waals surface area (Å²) in [7, 11) is -3.86. The van der Waals surface area contributed by atoms with E-state index in [0.717, 1.165) is 36.4 Å². The van der Waals surface area contributed by atoms with Crippen molar-refractivity contribution in [1.29, 1.82) is 0 Å². The average molecular weight is 448 g/mol. The van der Waals surface area contributed by atoms with Crippen molar-refractivity contribution in [2.24, 2.45) is 0 Å². The van der Waals surface area contributed by atoms with Crippen LogP contribution in [0.15, 0.2) is 53.4 Å². The first-order chi connectivity index (χ1) is 14.5. The molecule has 1 amide bonds. The van der Waals surface area contributed by atoms with E-state index in [4.69, 9.17) is 4.74 Å². The zero-order valence-corrected chi connectivity index (χ0v) is 18.2. The topological polar surface area (TPSA) is 133 Å². The predicted molar refractivity (Wildman–Crippen MR) is 113 cm³/mol. The van der Waals surface area contributed by atoms with Crippen LogP contribution in [0.25, 0.3) is 0 Å². The van der Waals surface area contributed by atoms with Crippen molar-refractivity contribution in [3.05, 3.63) is 69.8 Å². The van der Waals surface area contributed by atoms with Gasteiger partial charge in [0.2, 0.25) is 0 Å². The van der Waals surface area contributed by atoms with Gasteiger partial charge in [-0.3, -0.25) is 14.9 Å². The second-order valence-electron chi connectivity index (χ2n) is 7.02.